The molecule has 0 bridgehead atoms. The maximum Gasteiger partial charge on any atom is 0.272 e. The summed E-state index contributed by atoms with van der Waals surface area (Å²) in [6.07, 6.45) is 4.12. The summed E-state index contributed by atoms with van der Waals surface area (Å²) in [4.78, 5) is 107. The SMILES string of the molecule is COc1ccc(C[C@@H]2NC(=O)[C@H](CC(C)C)NC(=O)[C@@H](Cc3c[nH]c4ccccc34)NC(=O)CN(C(=O)c3cncc(=O)[nH]3)C[C@H](C(C)C)NC(=O)[C@@H](C)NC2=O)cc1. The first-order valence-corrected chi connectivity index (χ1v) is 19.6. The van der Waals surface area contributed by atoms with E-state index >= 15 is 0 Å². The van der Waals surface area contributed by atoms with E-state index in [2.05, 4.69) is 41.5 Å². The fourth-order valence-corrected chi connectivity index (χ4v) is 6.82. The van der Waals surface area contributed by atoms with Gasteiger partial charge in [-0.2, -0.15) is 0 Å². The van der Waals surface area contributed by atoms with E-state index in [-0.39, 0.29) is 43.3 Å². The second-order valence-electron chi connectivity index (χ2n) is 15.6. The zero-order chi connectivity index (χ0) is 42.8. The van der Waals surface area contributed by atoms with Crippen LogP contribution in [0.3, 0.4) is 0 Å². The van der Waals surface area contributed by atoms with Crippen molar-refractivity contribution in [2.45, 2.75) is 84.1 Å². The topological polar surface area (TPSA) is 237 Å². The number of rotatable bonds is 9. The van der Waals surface area contributed by atoms with Crippen molar-refractivity contribution < 1.29 is 33.5 Å². The third-order valence-electron chi connectivity index (χ3n) is 10.1. The molecule has 59 heavy (non-hydrogen) atoms. The molecule has 1 aliphatic heterocycles. The molecule has 4 aromatic rings. The van der Waals surface area contributed by atoms with Gasteiger partial charge in [-0.3, -0.25) is 38.5 Å². The third-order valence-corrected chi connectivity index (χ3v) is 10.1. The molecular formula is C42H53N9O8. The van der Waals surface area contributed by atoms with E-state index in [1.54, 1.807) is 30.5 Å². The van der Waals surface area contributed by atoms with Gasteiger partial charge in [0.15, 0.2) is 0 Å². The number of aromatic amines is 2. The molecule has 17 nitrogen and oxygen atoms in total. The Morgan fingerprint density at radius 2 is 1.46 bits per heavy atom. The minimum absolute atomic E-state index is 0.00649. The van der Waals surface area contributed by atoms with Gasteiger partial charge in [-0.25, -0.2) is 0 Å². The van der Waals surface area contributed by atoms with Crippen molar-refractivity contribution in [3.05, 3.63) is 94.3 Å². The Morgan fingerprint density at radius 3 is 2.14 bits per heavy atom. The highest BCUT2D eigenvalue weighted by Crippen LogP contribution is 2.20. The average Bonchev–Trinajstić information content (AvgIpc) is 3.61. The summed E-state index contributed by atoms with van der Waals surface area (Å²) in [5.74, 6) is -3.79. The van der Waals surface area contributed by atoms with Crippen LogP contribution in [0.4, 0.5) is 0 Å². The molecule has 0 radical (unpaired) electrons. The minimum Gasteiger partial charge on any atom is -0.497 e. The van der Waals surface area contributed by atoms with E-state index in [1.807, 2.05) is 52.0 Å². The number of benzene rings is 2. The molecule has 3 heterocycles. The van der Waals surface area contributed by atoms with Crippen LogP contribution in [0.25, 0.3) is 10.9 Å². The van der Waals surface area contributed by atoms with E-state index in [1.165, 1.54) is 14.0 Å². The fraction of sp³-hybridized carbons (Fsp3) is 0.429. The Bertz CT molecular complexity index is 2200. The summed E-state index contributed by atoms with van der Waals surface area (Å²) in [5.41, 5.74) is 1.38. The second-order valence-corrected chi connectivity index (χ2v) is 15.6. The smallest absolute Gasteiger partial charge is 0.272 e. The van der Waals surface area contributed by atoms with Crippen LogP contribution in [0.5, 0.6) is 5.75 Å². The molecule has 5 atom stereocenters. The van der Waals surface area contributed by atoms with Gasteiger partial charge in [0.2, 0.25) is 29.5 Å². The molecule has 0 spiro atoms. The Morgan fingerprint density at radius 1 is 0.797 bits per heavy atom. The number of nitrogens with zero attached hydrogens (tertiary/aromatic N) is 2. The molecule has 6 amide bonds. The van der Waals surface area contributed by atoms with Crippen LogP contribution >= 0.6 is 0 Å². The summed E-state index contributed by atoms with van der Waals surface area (Å²) >= 11 is 0. The maximum atomic E-state index is 14.4. The lowest BCUT2D eigenvalue weighted by Crippen LogP contribution is -2.60. The molecule has 5 rings (SSSR count). The van der Waals surface area contributed by atoms with Crippen molar-refractivity contribution in [3.63, 3.8) is 0 Å². The van der Waals surface area contributed by atoms with Gasteiger partial charge in [0.25, 0.3) is 11.5 Å². The monoisotopic (exact) mass is 811 g/mol. The Hall–Kier alpha value is -6.52. The molecule has 0 aliphatic carbocycles. The summed E-state index contributed by atoms with van der Waals surface area (Å²) in [7, 11) is 1.53. The molecule has 0 saturated carbocycles. The highest BCUT2D eigenvalue weighted by atomic mass is 16.5. The number of methoxy groups -OCH3 is 1. The van der Waals surface area contributed by atoms with Gasteiger partial charge in [-0.15, -0.1) is 0 Å². The van der Waals surface area contributed by atoms with E-state index in [0.717, 1.165) is 28.2 Å². The van der Waals surface area contributed by atoms with E-state index < -0.39 is 77.8 Å². The molecule has 0 unspecified atom stereocenters. The zero-order valence-electron chi connectivity index (χ0n) is 34.1. The normalized spacial score (nSPS) is 21.5. The fourth-order valence-electron chi connectivity index (χ4n) is 6.82. The van der Waals surface area contributed by atoms with Crippen LogP contribution in [0.2, 0.25) is 0 Å². The van der Waals surface area contributed by atoms with E-state index in [4.69, 9.17) is 4.74 Å². The number of nitrogens with one attached hydrogen (secondary N) is 7. The molecule has 2 aromatic carbocycles. The lowest BCUT2D eigenvalue weighted by atomic mass is 9.99. The largest absolute Gasteiger partial charge is 0.497 e. The first-order valence-electron chi connectivity index (χ1n) is 19.6. The minimum atomic E-state index is -1.24. The number of hydrogen-bond donors (Lipinski definition) is 7. The van der Waals surface area contributed by atoms with Crippen LogP contribution in [-0.4, -0.2) is 106 Å². The van der Waals surface area contributed by atoms with Gasteiger partial charge >= 0.3 is 0 Å². The maximum absolute atomic E-state index is 14.4. The Kier molecular flexibility index (Phi) is 14.6. The summed E-state index contributed by atoms with van der Waals surface area (Å²) in [6.45, 7) is 8.09. The molecule has 314 valence electrons. The van der Waals surface area contributed by atoms with Gasteiger partial charge < -0.3 is 46.2 Å². The molecule has 1 fully saturated rings. The quantitative estimate of drug-likeness (QED) is 0.129. The van der Waals surface area contributed by atoms with Gasteiger partial charge in [-0.05, 0) is 54.5 Å². The van der Waals surface area contributed by atoms with E-state index in [0.29, 0.717) is 16.9 Å². The predicted octanol–water partition coefficient (Wildman–Crippen LogP) is 1.35. The van der Waals surface area contributed by atoms with Crippen LogP contribution in [0, 0.1) is 11.8 Å². The van der Waals surface area contributed by atoms with Crippen molar-refractivity contribution in [1.82, 2.24) is 46.4 Å². The van der Waals surface area contributed by atoms with Crippen molar-refractivity contribution in [2.24, 2.45) is 11.8 Å². The summed E-state index contributed by atoms with van der Waals surface area (Å²) in [6, 6.07) is 9.02. The number of H-pyrrole nitrogens is 2. The zero-order valence-corrected chi connectivity index (χ0v) is 34.1. The average molecular weight is 812 g/mol. The molecule has 17 heteroatoms. The van der Waals surface area contributed by atoms with Crippen molar-refractivity contribution in [1.29, 1.82) is 0 Å². The van der Waals surface area contributed by atoms with Crippen LogP contribution < -0.4 is 36.9 Å². The number of hydrogen-bond acceptors (Lipinski definition) is 9. The molecule has 2 aromatic heterocycles. The number of para-hydroxylation sites is 1. The number of fused-ring (bicyclic) bond motifs is 1. The highest BCUT2D eigenvalue weighted by Gasteiger charge is 2.34. The van der Waals surface area contributed by atoms with Crippen molar-refractivity contribution in [3.8, 4) is 5.75 Å². The van der Waals surface area contributed by atoms with Crippen molar-refractivity contribution >= 4 is 46.3 Å². The van der Waals surface area contributed by atoms with Gasteiger partial charge in [0.05, 0.1) is 26.0 Å². The van der Waals surface area contributed by atoms with Crippen LogP contribution in [0.15, 0.2) is 71.9 Å². The number of carbonyl (C=O) groups excluding carboxylic acids is 6. The van der Waals surface area contributed by atoms with Crippen molar-refractivity contribution in [2.75, 3.05) is 20.2 Å². The molecule has 1 aliphatic rings. The summed E-state index contributed by atoms with van der Waals surface area (Å²) < 4.78 is 5.28. The first kappa shape index (κ1) is 43.6. The standard InChI is InChI=1S/C42H53N9O8/c1-23(2)15-31-40(56)49-32(16-26-11-13-28(59-6)14-12-26)39(55)45-25(5)38(54)50-35(24(3)4)21-51(42(58)34-19-43-20-36(52)47-34)22-37(53)46-33(41(57)48-31)17-27-18-44-30-10-8-7-9-29(27)30/h7-14,18-20,23-25,31-33,35,44H,15-17,21-22H2,1-6H3,(H,45,55)(H,46,53)(H,47,52)(H,48,57)(H,49,56)(H,50,54)/t25-,31+,32+,33-,35-/m1/s1. The summed E-state index contributed by atoms with van der Waals surface area (Å²) in [5, 5.41) is 14.9. The third kappa shape index (κ3) is 11.8. The predicted molar refractivity (Wildman–Crippen MR) is 219 cm³/mol. The molecule has 1 saturated heterocycles. The Labute approximate surface area is 341 Å². The Balaban J connectivity index is 1.56. The molecular weight excluding hydrogens is 759 g/mol. The first-order chi connectivity index (χ1) is 28.1. The number of aromatic nitrogens is 3. The highest BCUT2D eigenvalue weighted by molar-refractivity contribution is 5.98. The second kappa shape index (κ2) is 19.8. The number of ether oxygens (including phenoxy) is 1. The van der Waals surface area contributed by atoms with Gasteiger partial charge in [0.1, 0.15) is 35.6 Å². The lowest BCUT2D eigenvalue weighted by molar-refractivity contribution is -0.135. The van der Waals surface area contributed by atoms with E-state index in [9.17, 15) is 33.6 Å². The molecule has 7 N–H and O–H groups in total. The number of carbonyl (C=O) groups is 6. The number of amides is 6. The van der Waals surface area contributed by atoms with Crippen LogP contribution in [0.1, 0.15) is 62.7 Å². The lowest BCUT2D eigenvalue weighted by Gasteiger charge is -2.32. The van der Waals surface area contributed by atoms with Gasteiger partial charge in [-0.1, -0.05) is 58.0 Å². The van der Waals surface area contributed by atoms with Gasteiger partial charge in [0, 0.05) is 42.5 Å². The van der Waals surface area contributed by atoms with Crippen LogP contribution in [-0.2, 0) is 36.8 Å².